The van der Waals surface area contributed by atoms with Crippen molar-refractivity contribution in [3.63, 3.8) is 0 Å². The van der Waals surface area contributed by atoms with Crippen LogP contribution in [-0.2, 0) is 0 Å². The molecule has 1 aliphatic heterocycles. The zero-order valence-electron chi connectivity index (χ0n) is 19.9. The molecule has 0 saturated carbocycles. The lowest BCUT2D eigenvalue weighted by molar-refractivity contribution is 0.0811. The minimum absolute atomic E-state index is 0.0257. The molecular formula is C28H27ClN4O3. The summed E-state index contributed by atoms with van der Waals surface area (Å²) >= 11 is 6.16. The van der Waals surface area contributed by atoms with Crippen molar-refractivity contribution < 1.29 is 9.59 Å². The molecule has 2 N–H and O–H groups in total. The molecule has 0 bridgehead atoms. The molecule has 184 valence electrons. The van der Waals surface area contributed by atoms with Crippen LogP contribution in [0.15, 0.2) is 77.9 Å². The molecule has 3 heterocycles. The third-order valence-corrected chi connectivity index (χ3v) is 7.22. The van der Waals surface area contributed by atoms with Gasteiger partial charge in [0.05, 0.1) is 5.02 Å². The number of H-pyrrole nitrogens is 1. The van der Waals surface area contributed by atoms with Crippen LogP contribution in [0.25, 0.3) is 16.6 Å². The summed E-state index contributed by atoms with van der Waals surface area (Å²) in [6.07, 6.45) is 4.56. The number of fused-ring (bicyclic) bond motifs is 1. The number of piperidine rings is 1. The first-order valence-electron chi connectivity index (χ1n) is 12.0. The Kier molecular flexibility index (Phi) is 6.76. The van der Waals surface area contributed by atoms with Gasteiger partial charge in [-0.25, -0.2) is 0 Å². The molecule has 0 aliphatic carbocycles. The van der Waals surface area contributed by atoms with Gasteiger partial charge in [0.1, 0.15) is 0 Å². The minimum Gasteiger partial charge on any atom is -0.360 e. The Morgan fingerprint density at radius 2 is 1.86 bits per heavy atom. The molecule has 2 atom stereocenters. The number of amides is 1. The number of carbonyl (C=O) groups is 2. The van der Waals surface area contributed by atoms with Crippen molar-refractivity contribution in [3.05, 3.63) is 99.6 Å². The fourth-order valence-corrected chi connectivity index (χ4v) is 5.08. The van der Waals surface area contributed by atoms with Gasteiger partial charge >= 0.3 is 0 Å². The summed E-state index contributed by atoms with van der Waals surface area (Å²) < 4.78 is 1.54. The lowest BCUT2D eigenvalue weighted by Crippen LogP contribution is -2.52. The topological polar surface area (TPSA) is 87.2 Å². The number of likely N-dealkylation sites (tertiary alicyclic amines) is 1. The van der Waals surface area contributed by atoms with Crippen molar-refractivity contribution >= 4 is 34.2 Å². The number of likely N-dealkylation sites (N-methyl/N-ethyl adjacent to an activating group) is 1. The number of halogens is 1. The number of carbonyl (C=O) groups excluding carboxylic acids is 2. The number of ketones is 1. The summed E-state index contributed by atoms with van der Waals surface area (Å²) in [4.78, 5) is 43.6. The molecule has 1 saturated heterocycles. The van der Waals surface area contributed by atoms with E-state index in [1.54, 1.807) is 60.9 Å². The molecular weight excluding hydrogens is 476 g/mol. The lowest BCUT2D eigenvalue weighted by Gasteiger charge is -2.37. The highest BCUT2D eigenvalue weighted by atomic mass is 35.5. The van der Waals surface area contributed by atoms with E-state index in [0.29, 0.717) is 34.8 Å². The first kappa shape index (κ1) is 24.0. The molecule has 4 aromatic rings. The van der Waals surface area contributed by atoms with Gasteiger partial charge in [0.2, 0.25) is 0 Å². The van der Waals surface area contributed by atoms with E-state index in [1.165, 1.54) is 10.6 Å². The Labute approximate surface area is 213 Å². The summed E-state index contributed by atoms with van der Waals surface area (Å²) in [5.41, 5.74) is 2.54. The predicted molar refractivity (Wildman–Crippen MR) is 141 cm³/mol. The van der Waals surface area contributed by atoms with Crippen LogP contribution >= 0.6 is 11.6 Å². The Morgan fingerprint density at radius 1 is 1.08 bits per heavy atom. The van der Waals surface area contributed by atoms with Crippen LogP contribution in [0, 0.1) is 5.92 Å². The van der Waals surface area contributed by atoms with Gasteiger partial charge in [-0.1, -0.05) is 23.7 Å². The molecule has 0 spiro atoms. The molecule has 1 aliphatic rings. The van der Waals surface area contributed by atoms with Crippen LogP contribution in [0.3, 0.4) is 0 Å². The van der Waals surface area contributed by atoms with Gasteiger partial charge in [-0.3, -0.25) is 19.0 Å². The molecule has 2 aromatic heterocycles. The number of aromatic nitrogens is 2. The number of hydrogen-bond donors (Lipinski definition) is 2. The highest BCUT2D eigenvalue weighted by Crippen LogP contribution is 2.26. The number of nitrogens with zero attached hydrogens (tertiary/aromatic N) is 2. The molecule has 1 amide bonds. The summed E-state index contributed by atoms with van der Waals surface area (Å²) in [5, 5.41) is 4.65. The van der Waals surface area contributed by atoms with E-state index in [2.05, 4.69) is 15.2 Å². The van der Waals surface area contributed by atoms with E-state index in [1.807, 2.05) is 13.1 Å². The van der Waals surface area contributed by atoms with Crippen molar-refractivity contribution in [3.8, 4) is 5.69 Å². The van der Waals surface area contributed by atoms with Gasteiger partial charge in [0, 0.05) is 65.2 Å². The van der Waals surface area contributed by atoms with Crippen LogP contribution in [0.1, 0.15) is 33.6 Å². The van der Waals surface area contributed by atoms with Gasteiger partial charge < -0.3 is 15.2 Å². The molecule has 5 rings (SSSR count). The Balaban J connectivity index is 1.29. The van der Waals surface area contributed by atoms with E-state index < -0.39 is 0 Å². The summed E-state index contributed by atoms with van der Waals surface area (Å²) in [6.45, 7) is 1.54. The van der Waals surface area contributed by atoms with Crippen LogP contribution in [-0.4, -0.2) is 52.3 Å². The van der Waals surface area contributed by atoms with Gasteiger partial charge in [-0.2, -0.15) is 0 Å². The number of benzene rings is 2. The highest BCUT2D eigenvalue weighted by molar-refractivity contribution is 6.35. The Hall–Kier alpha value is -3.68. The van der Waals surface area contributed by atoms with Crippen LogP contribution < -0.4 is 10.9 Å². The molecule has 0 radical (unpaired) electrons. The first-order valence-corrected chi connectivity index (χ1v) is 12.3. The minimum atomic E-state index is -0.168. The zero-order chi connectivity index (χ0) is 25.2. The second-order valence-corrected chi connectivity index (χ2v) is 9.78. The van der Waals surface area contributed by atoms with Crippen molar-refractivity contribution in [2.75, 3.05) is 20.1 Å². The van der Waals surface area contributed by atoms with E-state index >= 15 is 0 Å². The number of hydrogen-bond acceptors (Lipinski definition) is 4. The van der Waals surface area contributed by atoms with E-state index in [9.17, 15) is 14.4 Å². The van der Waals surface area contributed by atoms with Crippen molar-refractivity contribution in [2.24, 2.45) is 5.92 Å². The maximum Gasteiger partial charge on any atom is 0.255 e. The van der Waals surface area contributed by atoms with Crippen LogP contribution in [0.4, 0.5) is 0 Å². The van der Waals surface area contributed by atoms with Gasteiger partial charge in [-0.05, 0) is 68.4 Å². The normalized spacial score (nSPS) is 18.3. The van der Waals surface area contributed by atoms with Crippen molar-refractivity contribution in [1.82, 2.24) is 19.8 Å². The van der Waals surface area contributed by atoms with Gasteiger partial charge in [0.25, 0.3) is 11.5 Å². The number of aromatic amines is 1. The maximum absolute atomic E-state index is 13.1. The first-order chi connectivity index (χ1) is 17.4. The summed E-state index contributed by atoms with van der Waals surface area (Å²) in [6, 6.07) is 17.3. The fourth-order valence-electron chi connectivity index (χ4n) is 4.86. The Bertz CT molecular complexity index is 1470. The number of pyridine rings is 1. The summed E-state index contributed by atoms with van der Waals surface area (Å²) in [5.74, 6) is -0.117. The molecule has 7 nitrogen and oxygen atoms in total. The number of nitrogens with one attached hydrogen (secondary N) is 2. The molecule has 1 fully saturated rings. The monoisotopic (exact) mass is 502 g/mol. The number of Topliss-reactive ketones (excluding diaryl/α,β-unsaturated/α-hetero) is 1. The smallest absolute Gasteiger partial charge is 0.255 e. The third-order valence-electron chi connectivity index (χ3n) is 6.91. The van der Waals surface area contributed by atoms with E-state index in [4.69, 9.17) is 11.6 Å². The van der Waals surface area contributed by atoms with Gasteiger partial charge in [0.15, 0.2) is 5.78 Å². The zero-order valence-corrected chi connectivity index (χ0v) is 20.7. The van der Waals surface area contributed by atoms with Crippen molar-refractivity contribution in [1.29, 1.82) is 0 Å². The van der Waals surface area contributed by atoms with E-state index in [0.717, 1.165) is 23.9 Å². The van der Waals surface area contributed by atoms with E-state index in [-0.39, 0.29) is 29.2 Å². The van der Waals surface area contributed by atoms with Crippen molar-refractivity contribution in [2.45, 2.75) is 18.9 Å². The fraction of sp³-hybridized carbons (Fsp3) is 0.250. The maximum atomic E-state index is 13.1. The quantitative estimate of drug-likeness (QED) is 0.385. The molecule has 36 heavy (non-hydrogen) atoms. The standard InChI is InChI=1S/C28H27ClN4O3/c1-32-13-11-19(15-26(34)18-5-8-21(9-6-18)33-12-3-2-4-27(33)35)25(17-32)31-28(36)20-7-10-22-23(29)16-30-24(22)14-20/h2-10,12,14,16,19,25,30H,11,13,15,17H2,1H3,(H,31,36). The largest absolute Gasteiger partial charge is 0.360 e. The highest BCUT2D eigenvalue weighted by Gasteiger charge is 2.31. The summed E-state index contributed by atoms with van der Waals surface area (Å²) in [7, 11) is 2.02. The lowest BCUT2D eigenvalue weighted by atomic mass is 9.85. The second kappa shape index (κ2) is 10.1. The molecule has 2 aromatic carbocycles. The SMILES string of the molecule is CN1CCC(CC(=O)c2ccc(-n3ccccc3=O)cc2)C(NC(=O)c2ccc3c(Cl)c[nH]c3c2)C1. The van der Waals surface area contributed by atoms with Crippen LogP contribution in [0.2, 0.25) is 5.02 Å². The average molecular weight is 503 g/mol. The number of rotatable bonds is 6. The van der Waals surface area contributed by atoms with Gasteiger partial charge in [-0.15, -0.1) is 0 Å². The average Bonchev–Trinajstić information content (AvgIpc) is 3.26. The molecule has 8 heteroatoms. The molecule has 2 unspecified atom stereocenters. The Morgan fingerprint density at radius 3 is 2.64 bits per heavy atom. The third kappa shape index (κ3) is 4.98. The van der Waals surface area contributed by atoms with Crippen LogP contribution in [0.5, 0.6) is 0 Å². The predicted octanol–water partition coefficient (Wildman–Crippen LogP) is 4.30. The second-order valence-electron chi connectivity index (χ2n) is 9.37.